The summed E-state index contributed by atoms with van der Waals surface area (Å²) in [5.74, 6) is -1.86. The van der Waals surface area contributed by atoms with Crippen LogP contribution in [0.1, 0.15) is 12.1 Å². The zero-order valence-electron chi connectivity index (χ0n) is 13.4. The molecule has 1 aromatic carbocycles. The molecule has 4 rings (SSSR count). The zero-order valence-corrected chi connectivity index (χ0v) is 13.4. The lowest BCUT2D eigenvalue weighted by atomic mass is 10.1. The highest BCUT2D eigenvalue weighted by Gasteiger charge is 2.24. The van der Waals surface area contributed by atoms with Gasteiger partial charge in [0.1, 0.15) is 5.69 Å². The standard InChI is InChI=1S/C17H15F2N5O/c1-20-17(25)24-6-2-3-12-15(24)5-4-13(21-12)16-9-7-10(18)11(19)8-14(9)22-23-16/h4-5,7-8H,2-3,6H2,1H3,(H,20,25)(H,22,23). The van der Waals surface area contributed by atoms with Crippen LogP contribution in [0.5, 0.6) is 0 Å². The van der Waals surface area contributed by atoms with Gasteiger partial charge in [-0.1, -0.05) is 0 Å². The minimum absolute atomic E-state index is 0.182. The number of nitrogens with zero attached hydrogens (tertiary/aromatic N) is 3. The molecule has 0 radical (unpaired) electrons. The number of benzene rings is 1. The Morgan fingerprint density at radius 3 is 2.88 bits per heavy atom. The number of pyridine rings is 1. The molecule has 0 unspecified atom stereocenters. The van der Waals surface area contributed by atoms with Gasteiger partial charge in [-0.3, -0.25) is 10.00 Å². The Morgan fingerprint density at radius 1 is 1.28 bits per heavy atom. The number of aromatic nitrogens is 3. The summed E-state index contributed by atoms with van der Waals surface area (Å²) in [6.07, 6.45) is 1.54. The molecule has 0 atom stereocenters. The normalized spacial score (nSPS) is 13.8. The van der Waals surface area contributed by atoms with Crippen molar-refractivity contribution in [3.8, 4) is 11.4 Å². The molecule has 2 amide bonds. The van der Waals surface area contributed by atoms with Gasteiger partial charge in [-0.05, 0) is 31.0 Å². The van der Waals surface area contributed by atoms with E-state index in [1.807, 2.05) is 6.07 Å². The third-order valence-electron chi connectivity index (χ3n) is 4.34. The molecule has 8 heteroatoms. The number of H-pyrrole nitrogens is 1. The van der Waals surface area contributed by atoms with Gasteiger partial charge in [0.15, 0.2) is 11.6 Å². The molecular formula is C17H15F2N5O. The SMILES string of the molecule is CNC(=O)N1CCCc2nc(-c3n[nH]c4cc(F)c(F)cc34)ccc21. The largest absolute Gasteiger partial charge is 0.341 e. The van der Waals surface area contributed by atoms with Crippen LogP contribution < -0.4 is 10.2 Å². The Kier molecular flexibility index (Phi) is 3.60. The van der Waals surface area contributed by atoms with E-state index >= 15 is 0 Å². The Labute approximate surface area is 141 Å². The first kappa shape index (κ1) is 15.5. The number of anilines is 1. The molecule has 0 spiro atoms. The molecule has 2 N–H and O–H groups in total. The number of carbonyl (C=O) groups is 1. The van der Waals surface area contributed by atoms with Gasteiger partial charge in [-0.2, -0.15) is 5.10 Å². The van der Waals surface area contributed by atoms with E-state index in [0.29, 0.717) is 28.8 Å². The van der Waals surface area contributed by atoms with Gasteiger partial charge in [0, 0.05) is 25.0 Å². The summed E-state index contributed by atoms with van der Waals surface area (Å²) < 4.78 is 26.9. The molecule has 128 valence electrons. The Hall–Kier alpha value is -3.03. The van der Waals surface area contributed by atoms with Gasteiger partial charge >= 0.3 is 6.03 Å². The summed E-state index contributed by atoms with van der Waals surface area (Å²) in [6, 6.07) is 5.55. The summed E-state index contributed by atoms with van der Waals surface area (Å²) >= 11 is 0. The number of nitrogens with one attached hydrogen (secondary N) is 2. The molecule has 3 heterocycles. The van der Waals surface area contributed by atoms with Crippen molar-refractivity contribution in [2.45, 2.75) is 12.8 Å². The van der Waals surface area contributed by atoms with Crippen molar-refractivity contribution in [3.05, 3.63) is 41.6 Å². The molecule has 6 nitrogen and oxygen atoms in total. The quantitative estimate of drug-likeness (QED) is 0.713. The van der Waals surface area contributed by atoms with Crippen molar-refractivity contribution in [1.29, 1.82) is 0 Å². The predicted molar refractivity (Wildman–Crippen MR) is 89.4 cm³/mol. The highest BCUT2D eigenvalue weighted by atomic mass is 19.2. The number of aryl methyl sites for hydroxylation is 1. The molecule has 0 bridgehead atoms. The van der Waals surface area contributed by atoms with Gasteiger partial charge in [-0.15, -0.1) is 0 Å². The average molecular weight is 343 g/mol. The fourth-order valence-electron chi connectivity index (χ4n) is 3.13. The summed E-state index contributed by atoms with van der Waals surface area (Å²) in [7, 11) is 1.59. The van der Waals surface area contributed by atoms with E-state index in [-0.39, 0.29) is 6.03 Å². The monoisotopic (exact) mass is 343 g/mol. The molecule has 2 aromatic heterocycles. The van der Waals surface area contributed by atoms with Crippen LogP contribution in [0.3, 0.4) is 0 Å². The fourth-order valence-corrected chi connectivity index (χ4v) is 3.13. The van der Waals surface area contributed by atoms with Crippen LogP contribution in [0.15, 0.2) is 24.3 Å². The maximum Gasteiger partial charge on any atom is 0.321 e. The first-order chi connectivity index (χ1) is 12.1. The summed E-state index contributed by atoms with van der Waals surface area (Å²) in [4.78, 5) is 18.2. The number of halogens is 2. The molecule has 0 saturated heterocycles. The first-order valence-corrected chi connectivity index (χ1v) is 7.91. The van der Waals surface area contributed by atoms with Crippen LogP contribution in [-0.2, 0) is 6.42 Å². The number of urea groups is 1. The molecule has 0 saturated carbocycles. The summed E-state index contributed by atoms with van der Waals surface area (Å²) in [6.45, 7) is 0.628. The second-order valence-electron chi connectivity index (χ2n) is 5.86. The van der Waals surface area contributed by atoms with Crippen molar-refractivity contribution in [2.75, 3.05) is 18.5 Å². The van der Waals surface area contributed by atoms with Crippen molar-refractivity contribution < 1.29 is 13.6 Å². The maximum absolute atomic E-state index is 13.6. The molecule has 1 aliphatic heterocycles. The number of carbonyl (C=O) groups excluding carboxylic acids is 1. The molecule has 1 aliphatic rings. The number of aromatic amines is 1. The third-order valence-corrected chi connectivity index (χ3v) is 4.34. The van der Waals surface area contributed by atoms with Gasteiger partial charge in [0.25, 0.3) is 0 Å². The van der Waals surface area contributed by atoms with E-state index < -0.39 is 11.6 Å². The molecular weight excluding hydrogens is 328 g/mol. The average Bonchev–Trinajstić information content (AvgIpc) is 3.03. The molecule has 3 aromatic rings. The smallest absolute Gasteiger partial charge is 0.321 e. The first-order valence-electron chi connectivity index (χ1n) is 7.91. The Morgan fingerprint density at radius 2 is 2.08 bits per heavy atom. The van der Waals surface area contributed by atoms with E-state index in [0.717, 1.165) is 36.4 Å². The Bertz CT molecular complexity index is 985. The van der Waals surface area contributed by atoms with Crippen molar-refractivity contribution in [1.82, 2.24) is 20.5 Å². The van der Waals surface area contributed by atoms with Gasteiger partial charge in [0.2, 0.25) is 0 Å². The minimum atomic E-state index is -0.932. The van der Waals surface area contributed by atoms with Gasteiger partial charge in [0.05, 0.1) is 22.6 Å². The highest BCUT2D eigenvalue weighted by Crippen LogP contribution is 2.31. The van der Waals surface area contributed by atoms with E-state index in [2.05, 4.69) is 20.5 Å². The van der Waals surface area contributed by atoms with Gasteiger partial charge in [-0.25, -0.2) is 18.6 Å². The lowest BCUT2D eigenvalue weighted by Gasteiger charge is -2.28. The molecule has 25 heavy (non-hydrogen) atoms. The third kappa shape index (κ3) is 2.50. The van der Waals surface area contributed by atoms with Crippen LogP contribution in [0.2, 0.25) is 0 Å². The second-order valence-corrected chi connectivity index (χ2v) is 5.86. The van der Waals surface area contributed by atoms with Crippen LogP contribution in [0.25, 0.3) is 22.3 Å². The predicted octanol–water partition coefficient (Wildman–Crippen LogP) is 3.00. The van der Waals surface area contributed by atoms with Crippen molar-refractivity contribution in [3.63, 3.8) is 0 Å². The fraction of sp³-hybridized carbons (Fsp3) is 0.235. The molecule has 0 fully saturated rings. The highest BCUT2D eigenvalue weighted by molar-refractivity contribution is 5.94. The van der Waals surface area contributed by atoms with E-state index in [1.54, 1.807) is 18.0 Å². The molecule has 0 aliphatic carbocycles. The van der Waals surface area contributed by atoms with Crippen molar-refractivity contribution in [2.24, 2.45) is 0 Å². The lowest BCUT2D eigenvalue weighted by Crippen LogP contribution is -2.41. The number of hydrogen-bond donors (Lipinski definition) is 2. The maximum atomic E-state index is 13.6. The number of fused-ring (bicyclic) bond motifs is 2. The van der Waals surface area contributed by atoms with E-state index in [9.17, 15) is 13.6 Å². The van der Waals surface area contributed by atoms with Crippen molar-refractivity contribution >= 4 is 22.6 Å². The van der Waals surface area contributed by atoms with Crippen LogP contribution in [0, 0.1) is 11.6 Å². The zero-order chi connectivity index (χ0) is 17.6. The van der Waals surface area contributed by atoms with Crippen LogP contribution in [-0.4, -0.2) is 34.8 Å². The van der Waals surface area contributed by atoms with Crippen LogP contribution >= 0.6 is 0 Å². The Balaban J connectivity index is 1.80. The number of amides is 2. The second kappa shape index (κ2) is 5.80. The number of rotatable bonds is 1. The van der Waals surface area contributed by atoms with E-state index in [1.165, 1.54) is 0 Å². The lowest BCUT2D eigenvalue weighted by molar-refractivity contribution is 0.247. The minimum Gasteiger partial charge on any atom is -0.341 e. The number of hydrogen-bond acceptors (Lipinski definition) is 3. The topological polar surface area (TPSA) is 73.9 Å². The van der Waals surface area contributed by atoms with Crippen LogP contribution in [0.4, 0.5) is 19.3 Å². The summed E-state index contributed by atoms with van der Waals surface area (Å²) in [5, 5.41) is 9.93. The van der Waals surface area contributed by atoms with E-state index in [4.69, 9.17) is 0 Å². The summed E-state index contributed by atoms with van der Waals surface area (Å²) in [5.41, 5.74) is 2.95. The van der Waals surface area contributed by atoms with Gasteiger partial charge < -0.3 is 5.32 Å².